The molecular formula is C20H34N2O3. The summed E-state index contributed by atoms with van der Waals surface area (Å²) >= 11 is 0. The van der Waals surface area contributed by atoms with Crippen LogP contribution in [0.4, 0.5) is 4.79 Å². The predicted molar refractivity (Wildman–Crippen MR) is 97.1 cm³/mol. The Bertz CT molecular complexity index is 506. The first-order valence-electron chi connectivity index (χ1n) is 10.0. The van der Waals surface area contributed by atoms with Crippen molar-refractivity contribution in [3.8, 4) is 0 Å². The summed E-state index contributed by atoms with van der Waals surface area (Å²) in [6.45, 7) is 9.02. The highest BCUT2D eigenvalue weighted by Gasteiger charge is 2.42. The van der Waals surface area contributed by atoms with Gasteiger partial charge in [0.25, 0.3) is 0 Å². The molecule has 0 aromatic heterocycles. The number of nitrogens with one attached hydrogen (secondary N) is 1. The summed E-state index contributed by atoms with van der Waals surface area (Å²) in [7, 11) is 0. The lowest BCUT2D eigenvalue weighted by atomic mass is 9.83. The number of carbonyl (C=O) groups is 2. The van der Waals surface area contributed by atoms with Gasteiger partial charge in [-0.25, -0.2) is 4.79 Å². The highest BCUT2D eigenvalue weighted by Crippen LogP contribution is 2.49. The van der Waals surface area contributed by atoms with Crippen LogP contribution in [0.25, 0.3) is 0 Å². The average Bonchev–Trinajstić information content (AvgIpc) is 3.16. The predicted octanol–water partition coefficient (Wildman–Crippen LogP) is 3.57. The van der Waals surface area contributed by atoms with E-state index in [1.807, 2.05) is 20.8 Å². The van der Waals surface area contributed by atoms with Crippen molar-refractivity contribution in [2.75, 3.05) is 13.1 Å². The van der Waals surface area contributed by atoms with E-state index >= 15 is 0 Å². The number of likely N-dealkylation sites (tertiary alicyclic amines) is 1. The van der Waals surface area contributed by atoms with E-state index in [0.717, 1.165) is 24.7 Å². The van der Waals surface area contributed by atoms with Crippen LogP contribution < -0.4 is 5.32 Å². The third-order valence-corrected chi connectivity index (χ3v) is 6.32. The molecule has 2 aliphatic carbocycles. The van der Waals surface area contributed by atoms with Gasteiger partial charge in [-0.3, -0.25) is 4.79 Å². The van der Waals surface area contributed by atoms with Gasteiger partial charge in [0.05, 0.1) is 0 Å². The van der Waals surface area contributed by atoms with Crippen molar-refractivity contribution in [2.45, 2.75) is 77.9 Å². The lowest BCUT2D eigenvalue weighted by molar-refractivity contribution is -0.127. The maximum Gasteiger partial charge on any atom is 0.410 e. The summed E-state index contributed by atoms with van der Waals surface area (Å²) in [4.78, 5) is 26.5. The maximum absolute atomic E-state index is 12.6. The number of nitrogens with zero attached hydrogens (tertiary/aromatic N) is 1. The van der Waals surface area contributed by atoms with Crippen LogP contribution in [0, 0.1) is 23.7 Å². The quantitative estimate of drug-likeness (QED) is 0.846. The Morgan fingerprint density at radius 2 is 1.76 bits per heavy atom. The molecular weight excluding hydrogens is 316 g/mol. The van der Waals surface area contributed by atoms with Crippen molar-refractivity contribution in [2.24, 2.45) is 23.7 Å². The molecule has 2 saturated carbocycles. The molecule has 3 rings (SSSR count). The SMILES string of the molecule is CC(NC(=O)C1CCN(C(=O)OC(C)(C)C)CC1)C1CC2CCC1C2. The molecule has 0 spiro atoms. The van der Waals surface area contributed by atoms with E-state index in [0.29, 0.717) is 19.0 Å². The van der Waals surface area contributed by atoms with Gasteiger partial charge in [0.1, 0.15) is 5.60 Å². The van der Waals surface area contributed by atoms with Gasteiger partial charge >= 0.3 is 6.09 Å². The van der Waals surface area contributed by atoms with Gasteiger partial charge in [-0.1, -0.05) is 6.42 Å². The molecule has 3 fully saturated rings. The first kappa shape index (κ1) is 18.5. The molecule has 4 unspecified atom stereocenters. The minimum Gasteiger partial charge on any atom is -0.444 e. The summed E-state index contributed by atoms with van der Waals surface area (Å²) in [5, 5.41) is 3.29. The number of carbonyl (C=O) groups excluding carboxylic acids is 2. The van der Waals surface area contributed by atoms with E-state index in [9.17, 15) is 9.59 Å². The Balaban J connectivity index is 1.43. The van der Waals surface area contributed by atoms with E-state index in [1.54, 1.807) is 4.90 Å². The van der Waals surface area contributed by atoms with E-state index in [-0.39, 0.29) is 24.0 Å². The smallest absolute Gasteiger partial charge is 0.410 e. The van der Waals surface area contributed by atoms with Gasteiger partial charge in [0.15, 0.2) is 0 Å². The highest BCUT2D eigenvalue weighted by molar-refractivity contribution is 5.79. The second-order valence-electron chi connectivity index (χ2n) is 9.38. The molecule has 1 aliphatic heterocycles. The first-order valence-corrected chi connectivity index (χ1v) is 10.0. The van der Waals surface area contributed by atoms with E-state index in [1.165, 1.54) is 25.7 Å². The van der Waals surface area contributed by atoms with Crippen molar-refractivity contribution < 1.29 is 14.3 Å². The van der Waals surface area contributed by atoms with Gasteiger partial charge in [0, 0.05) is 25.0 Å². The first-order chi connectivity index (χ1) is 11.7. The van der Waals surface area contributed by atoms with E-state index in [4.69, 9.17) is 4.74 Å². The topological polar surface area (TPSA) is 58.6 Å². The second kappa shape index (κ2) is 7.16. The fourth-order valence-electron chi connectivity index (χ4n) is 5.01. The van der Waals surface area contributed by atoms with E-state index in [2.05, 4.69) is 12.2 Å². The van der Waals surface area contributed by atoms with E-state index < -0.39 is 5.60 Å². The van der Waals surface area contributed by atoms with Crippen molar-refractivity contribution in [3.63, 3.8) is 0 Å². The highest BCUT2D eigenvalue weighted by atomic mass is 16.6. The number of piperidine rings is 1. The summed E-state index contributed by atoms with van der Waals surface area (Å²) < 4.78 is 5.42. The molecule has 142 valence electrons. The van der Waals surface area contributed by atoms with Gasteiger partial charge in [0.2, 0.25) is 5.91 Å². The third kappa shape index (κ3) is 4.48. The summed E-state index contributed by atoms with van der Waals surface area (Å²) in [6, 6.07) is 0.284. The molecule has 0 aromatic carbocycles. The van der Waals surface area contributed by atoms with Crippen LogP contribution in [0.3, 0.4) is 0 Å². The molecule has 4 atom stereocenters. The molecule has 2 amide bonds. The molecule has 0 radical (unpaired) electrons. The molecule has 1 heterocycles. The average molecular weight is 351 g/mol. The Morgan fingerprint density at radius 3 is 2.28 bits per heavy atom. The van der Waals surface area contributed by atoms with Crippen LogP contribution in [0.1, 0.15) is 66.2 Å². The van der Waals surface area contributed by atoms with Crippen molar-refractivity contribution in [3.05, 3.63) is 0 Å². The molecule has 5 heteroatoms. The molecule has 3 aliphatic rings. The number of hydrogen-bond acceptors (Lipinski definition) is 3. The number of ether oxygens (including phenoxy) is 1. The number of amides is 2. The molecule has 2 bridgehead atoms. The zero-order chi connectivity index (χ0) is 18.2. The van der Waals surface area contributed by atoms with Crippen LogP contribution in [0.5, 0.6) is 0 Å². The standard InChI is InChI=1S/C20H34N2O3/c1-13(17-12-14-5-6-16(17)11-14)21-18(23)15-7-9-22(10-8-15)19(24)25-20(2,3)4/h13-17H,5-12H2,1-4H3,(H,21,23). The monoisotopic (exact) mass is 350 g/mol. The zero-order valence-electron chi connectivity index (χ0n) is 16.2. The molecule has 1 N–H and O–H groups in total. The molecule has 5 nitrogen and oxygen atoms in total. The van der Waals surface area contributed by atoms with Crippen LogP contribution in [-0.2, 0) is 9.53 Å². The van der Waals surface area contributed by atoms with Crippen LogP contribution in [-0.4, -0.2) is 41.6 Å². The Labute approximate surface area is 151 Å². The van der Waals surface area contributed by atoms with Gasteiger partial charge in [-0.15, -0.1) is 0 Å². The summed E-state index contributed by atoms with van der Waals surface area (Å²) in [5.74, 6) is 2.61. The van der Waals surface area contributed by atoms with Crippen molar-refractivity contribution >= 4 is 12.0 Å². The Morgan fingerprint density at radius 1 is 1.08 bits per heavy atom. The maximum atomic E-state index is 12.6. The van der Waals surface area contributed by atoms with Crippen molar-refractivity contribution in [1.82, 2.24) is 10.2 Å². The number of fused-ring (bicyclic) bond motifs is 2. The Hall–Kier alpha value is -1.26. The Kier molecular flexibility index (Phi) is 5.31. The van der Waals surface area contributed by atoms with Gasteiger partial charge < -0.3 is 15.0 Å². The molecule has 1 saturated heterocycles. The molecule has 0 aromatic rings. The summed E-state index contributed by atoms with van der Waals surface area (Å²) in [6.07, 6.45) is 6.61. The van der Waals surface area contributed by atoms with Crippen LogP contribution in [0.15, 0.2) is 0 Å². The minimum atomic E-state index is -0.471. The largest absolute Gasteiger partial charge is 0.444 e. The zero-order valence-corrected chi connectivity index (χ0v) is 16.2. The lowest BCUT2D eigenvalue weighted by Gasteiger charge is -2.34. The summed E-state index contributed by atoms with van der Waals surface area (Å²) in [5.41, 5.74) is -0.471. The van der Waals surface area contributed by atoms with Crippen LogP contribution >= 0.6 is 0 Å². The fourth-order valence-corrected chi connectivity index (χ4v) is 5.01. The normalized spacial score (nSPS) is 31.0. The number of hydrogen-bond donors (Lipinski definition) is 1. The van der Waals surface area contributed by atoms with Gasteiger partial charge in [-0.05, 0) is 77.6 Å². The van der Waals surface area contributed by atoms with Crippen molar-refractivity contribution in [1.29, 1.82) is 0 Å². The molecule has 25 heavy (non-hydrogen) atoms. The fraction of sp³-hybridized carbons (Fsp3) is 0.900. The number of rotatable bonds is 3. The van der Waals surface area contributed by atoms with Crippen LogP contribution in [0.2, 0.25) is 0 Å². The second-order valence-corrected chi connectivity index (χ2v) is 9.38. The third-order valence-electron chi connectivity index (χ3n) is 6.32. The van der Waals surface area contributed by atoms with Gasteiger partial charge in [-0.2, -0.15) is 0 Å². The lowest BCUT2D eigenvalue weighted by Crippen LogP contribution is -2.47. The minimum absolute atomic E-state index is 0.0275.